The topological polar surface area (TPSA) is 35.2 Å². The molecule has 2 aliphatic rings. The summed E-state index contributed by atoms with van der Waals surface area (Å²) in [5.74, 6) is 0.842. The molecule has 0 aromatic heterocycles. The minimum Gasteiger partial charge on any atom is -0.399 e. The summed E-state index contributed by atoms with van der Waals surface area (Å²) in [5, 5.41) is 0. The molecule has 1 aliphatic carbocycles. The zero-order chi connectivity index (χ0) is 10.3. The fourth-order valence-corrected chi connectivity index (χ4v) is 2.74. The number of hydrogen-bond donors (Lipinski definition) is 1. The van der Waals surface area contributed by atoms with Gasteiger partial charge in [-0.05, 0) is 36.5 Å². The third-order valence-corrected chi connectivity index (χ3v) is 4.09. The molecule has 0 spiro atoms. The fourth-order valence-electron chi connectivity index (χ4n) is 2.74. The van der Waals surface area contributed by atoms with Crippen molar-refractivity contribution >= 4 is 5.69 Å². The second-order valence-electron chi connectivity index (χ2n) is 4.90. The minimum atomic E-state index is 0.325. The Morgan fingerprint density at radius 2 is 1.80 bits per heavy atom. The van der Waals surface area contributed by atoms with Crippen molar-refractivity contribution in [2.45, 2.75) is 24.7 Å². The van der Waals surface area contributed by atoms with Crippen LogP contribution in [0.15, 0.2) is 24.3 Å². The minimum absolute atomic E-state index is 0.325. The van der Waals surface area contributed by atoms with Gasteiger partial charge in [0.05, 0.1) is 13.2 Å². The maximum Gasteiger partial charge on any atom is 0.0588 e. The van der Waals surface area contributed by atoms with E-state index in [1.165, 1.54) is 24.8 Å². The van der Waals surface area contributed by atoms with Gasteiger partial charge in [-0.1, -0.05) is 18.6 Å². The van der Waals surface area contributed by atoms with Crippen LogP contribution in [0.5, 0.6) is 0 Å². The highest BCUT2D eigenvalue weighted by atomic mass is 16.5. The summed E-state index contributed by atoms with van der Waals surface area (Å²) < 4.78 is 5.45. The van der Waals surface area contributed by atoms with Crippen molar-refractivity contribution in [1.82, 2.24) is 0 Å². The average molecular weight is 203 g/mol. The monoisotopic (exact) mass is 203 g/mol. The highest BCUT2D eigenvalue weighted by molar-refractivity contribution is 5.42. The second-order valence-corrected chi connectivity index (χ2v) is 4.90. The third-order valence-electron chi connectivity index (χ3n) is 4.09. The van der Waals surface area contributed by atoms with E-state index in [0.717, 1.165) is 24.8 Å². The summed E-state index contributed by atoms with van der Waals surface area (Å²) >= 11 is 0. The molecule has 80 valence electrons. The Bertz CT molecular complexity index is 349. The number of ether oxygens (including phenoxy) is 1. The molecule has 2 N–H and O–H groups in total. The van der Waals surface area contributed by atoms with Crippen molar-refractivity contribution < 1.29 is 4.74 Å². The van der Waals surface area contributed by atoms with Crippen molar-refractivity contribution in [3.63, 3.8) is 0 Å². The molecule has 15 heavy (non-hydrogen) atoms. The molecule has 2 heteroatoms. The van der Waals surface area contributed by atoms with E-state index in [1.54, 1.807) is 0 Å². The Hall–Kier alpha value is -1.02. The van der Waals surface area contributed by atoms with Gasteiger partial charge in [0.15, 0.2) is 0 Å². The van der Waals surface area contributed by atoms with Gasteiger partial charge in [0.1, 0.15) is 0 Å². The molecular formula is C13H17NO. The van der Waals surface area contributed by atoms with E-state index in [2.05, 4.69) is 12.1 Å². The first-order valence-corrected chi connectivity index (χ1v) is 5.75. The van der Waals surface area contributed by atoms with Crippen LogP contribution in [0.1, 0.15) is 24.8 Å². The Morgan fingerprint density at radius 3 is 2.20 bits per heavy atom. The number of benzene rings is 1. The smallest absolute Gasteiger partial charge is 0.0588 e. The molecule has 0 atom stereocenters. The molecule has 0 unspecified atom stereocenters. The van der Waals surface area contributed by atoms with E-state index in [-0.39, 0.29) is 0 Å². The van der Waals surface area contributed by atoms with Crippen molar-refractivity contribution in [3.8, 4) is 0 Å². The average Bonchev–Trinajstić information content (AvgIpc) is 2.10. The predicted molar refractivity (Wildman–Crippen MR) is 60.7 cm³/mol. The molecule has 1 aromatic rings. The van der Waals surface area contributed by atoms with Gasteiger partial charge < -0.3 is 10.5 Å². The lowest BCUT2D eigenvalue weighted by molar-refractivity contribution is -0.107. The van der Waals surface area contributed by atoms with E-state index in [4.69, 9.17) is 10.5 Å². The number of rotatable bonds is 2. The Labute approximate surface area is 90.4 Å². The predicted octanol–water partition coefficient (Wildman–Crippen LogP) is 2.34. The quantitative estimate of drug-likeness (QED) is 0.749. The van der Waals surface area contributed by atoms with Crippen molar-refractivity contribution in [3.05, 3.63) is 29.8 Å². The lowest BCUT2D eigenvalue weighted by atomic mass is 9.61. The number of anilines is 1. The van der Waals surface area contributed by atoms with Gasteiger partial charge in [-0.2, -0.15) is 0 Å². The third kappa shape index (κ3) is 1.28. The molecule has 1 aliphatic heterocycles. The molecular weight excluding hydrogens is 186 g/mol. The van der Waals surface area contributed by atoms with Crippen LogP contribution in [0, 0.1) is 5.92 Å². The number of hydrogen-bond acceptors (Lipinski definition) is 2. The van der Waals surface area contributed by atoms with Gasteiger partial charge in [-0.15, -0.1) is 0 Å². The van der Waals surface area contributed by atoms with Crippen LogP contribution in [0.25, 0.3) is 0 Å². The SMILES string of the molecule is Nc1ccc(C2(C3CCC3)COC2)cc1. The van der Waals surface area contributed by atoms with Gasteiger partial charge in [-0.3, -0.25) is 0 Å². The van der Waals surface area contributed by atoms with E-state index in [1.807, 2.05) is 12.1 Å². The van der Waals surface area contributed by atoms with Crippen molar-refractivity contribution in [2.75, 3.05) is 18.9 Å². The van der Waals surface area contributed by atoms with E-state index in [9.17, 15) is 0 Å². The highest BCUT2D eigenvalue weighted by Crippen LogP contribution is 2.48. The zero-order valence-corrected chi connectivity index (χ0v) is 8.91. The first kappa shape index (κ1) is 9.22. The Balaban J connectivity index is 1.92. The summed E-state index contributed by atoms with van der Waals surface area (Å²) in [5.41, 5.74) is 8.32. The molecule has 1 heterocycles. The molecule has 2 nitrogen and oxygen atoms in total. The highest BCUT2D eigenvalue weighted by Gasteiger charge is 2.48. The van der Waals surface area contributed by atoms with Crippen LogP contribution in [0.4, 0.5) is 5.69 Å². The second kappa shape index (κ2) is 3.24. The molecule has 1 saturated carbocycles. The summed E-state index contributed by atoms with van der Waals surface area (Å²) in [6.07, 6.45) is 4.13. The van der Waals surface area contributed by atoms with Gasteiger partial charge in [0.25, 0.3) is 0 Å². The van der Waals surface area contributed by atoms with Gasteiger partial charge >= 0.3 is 0 Å². The molecule has 3 rings (SSSR count). The Morgan fingerprint density at radius 1 is 1.13 bits per heavy atom. The lowest BCUT2D eigenvalue weighted by Gasteiger charge is -2.51. The summed E-state index contributed by atoms with van der Waals surface area (Å²) in [4.78, 5) is 0. The largest absolute Gasteiger partial charge is 0.399 e. The molecule has 1 saturated heterocycles. The van der Waals surface area contributed by atoms with Crippen LogP contribution < -0.4 is 5.73 Å². The van der Waals surface area contributed by atoms with E-state index in [0.29, 0.717) is 5.41 Å². The van der Waals surface area contributed by atoms with Crippen molar-refractivity contribution in [1.29, 1.82) is 0 Å². The maximum atomic E-state index is 5.72. The molecule has 0 radical (unpaired) electrons. The van der Waals surface area contributed by atoms with Crippen LogP contribution >= 0.6 is 0 Å². The van der Waals surface area contributed by atoms with E-state index >= 15 is 0 Å². The van der Waals surface area contributed by atoms with Gasteiger partial charge in [0, 0.05) is 11.1 Å². The first-order valence-electron chi connectivity index (χ1n) is 5.75. The number of nitrogens with two attached hydrogens (primary N) is 1. The molecule has 1 aromatic carbocycles. The Kier molecular flexibility index (Phi) is 1.99. The molecule has 0 bridgehead atoms. The summed E-state index contributed by atoms with van der Waals surface area (Å²) in [7, 11) is 0. The van der Waals surface area contributed by atoms with Crippen LogP contribution in [0.2, 0.25) is 0 Å². The zero-order valence-electron chi connectivity index (χ0n) is 8.91. The first-order chi connectivity index (χ1) is 7.31. The standard InChI is InChI=1S/C13H17NO/c14-12-6-4-11(5-7-12)13(8-15-9-13)10-2-1-3-10/h4-7,10H,1-3,8-9,14H2. The van der Waals surface area contributed by atoms with Crippen molar-refractivity contribution in [2.24, 2.45) is 5.92 Å². The maximum absolute atomic E-state index is 5.72. The van der Waals surface area contributed by atoms with Crippen LogP contribution in [-0.2, 0) is 10.2 Å². The summed E-state index contributed by atoms with van der Waals surface area (Å²) in [6.45, 7) is 1.81. The molecule has 0 amide bonds. The van der Waals surface area contributed by atoms with Gasteiger partial charge in [0.2, 0.25) is 0 Å². The van der Waals surface area contributed by atoms with Crippen LogP contribution in [-0.4, -0.2) is 13.2 Å². The van der Waals surface area contributed by atoms with Crippen LogP contribution in [0.3, 0.4) is 0 Å². The molecule has 2 fully saturated rings. The van der Waals surface area contributed by atoms with Gasteiger partial charge in [-0.25, -0.2) is 0 Å². The fraction of sp³-hybridized carbons (Fsp3) is 0.538. The van der Waals surface area contributed by atoms with E-state index < -0.39 is 0 Å². The normalized spacial score (nSPS) is 24.3. The lowest BCUT2D eigenvalue weighted by Crippen LogP contribution is -2.54. The number of nitrogen functional groups attached to an aromatic ring is 1. The summed E-state index contributed by atoms with van der Waals surface area (Å²) in [6, 6.07) is 8.37.